The predicted octanol–water partition coefficient (Wildman–Crippen LogP) is 1.08. The molecule has 0 saturated carbocycles. The van der Waals surface area contributed by atoms with Gasteiger partial charge in [0.1, 0.15) is 0 Å². The normalized spacial score (nSPS) is 16.3. The number of aliphatic hydroxyl groups is 1. The summed E-state index contributed by atoms with van der Waals surface area (Å²) in [5, 5.41) is 8.74. The molecule has 1 aromatic rings. The van der Waals surface area contributed by atoms with E-state index in [1.165, 1.54) is 5.56 Å². The van der Waals surface area contributed by atoms with E-state index in [2.05, 4.69) is 28.9 Å². The van der Waals surface area contributed by atoms with Crippen molar-refractivity contribution in [3.63, 3.8) is 0 Å². The van der Waals surface area contributed by atoms with Crippen molar-refractivity contribution in [2.75, 3.05) is 33.3 Å². The van der Waals surface area contributed by atoms with Crippen molar-refractivity contribution in [3.05, 3.63) is 35.4 Å². The molecule has 21 heavy (non-hydrogen) atoms. The highest BCUT2D eigenvalue weighted by Gasteiger charge is 2.18. The second kappa shape index (κ2) is 7.82. The lowest BCUT2D eigenvalue weighted by atomic mass is 10.1. The molecule has 1 N–H and O–H groups in total. The van der Waals surface area contributed by atoms with Gasteiger partial charge in [0, 0.05) is 38.7 Å². The van der Waals surface area contributed by atoms with Crippen LogP contribution in [0.15, 0.2) is 24.3 Å². The second-order valence-corrected chi connectivity index (χ2v) is 5.36. The van der Waals surface area contributed by atoms with Crippen LogP contribution in [0.5, 0.6) is 0 Å². The molecule has 0 aromatic heterocycles. The number of carbonyl (C=O) groups excluding carboxylic acids is 1. The summed E-state index contributed by atoms with van der Waals surface area (Å²) in [6.07, 6.45) is 1.51. The van der Waals surface area contributed by atoms with Crippen molar-refractivity contribution in [1.82, 2.24) is 9.80 Å². The maximum atomic E-state index is 11.9. The average molecular weight is 286 g/mol. The molecule has 1 aliphatic heterocycles. The quantitative estimate of drug-likeness (QED) is 0.846. The molecule has 0 spiro atoms. The van der Waals surface area contributed by atoms with E-state index in [9.17, 15) is 4.79 Å². The van der Waals surface area contributed by atoms with Gasteiger partial charge in [-0.25, -0.2) is 0 Å². The third-order valence-electron chi connectivity index (χ3n) is 3.56. The van der Waals surface area contributed by atoms with Crippen LogP contribution in [-0.4, -0.2) is 54.1 Å². The van der Waals surface area contributed by atoms with Gasteiger partial charge >= 0.3 is 0 Å². The van der Waals surface area contributed by atoms with Crippen LogP contribution in [-0.2, 0) is 11.3 Å². The number of rotatable bonds is 3. The molecule has 112 valence electrons. The van der Waals surface area contributed by atoms with Crippen molar-refractivity contribution in [2.24, 2.45) is 0 Å². The highest BCUT2D eigenvalue weighted by atomic mass is 16.2. The number of nitrogens with zero attached hydrogens (tertiary/aromatic N) is 2. The minimum absolute atomic E-state index is 0.0934. The molecule has 1 amide bonds. The lowest BCUT2D eigenvalue weighted by Gasteiger charge is -2.19. The van der Waals surface area contributed by atoms with E-state index in [1.807, 2.05) is 19.2 Å². The molecular weight excluding hydrogens is 264 g/mol. The van der Waals surface area contributed by atoms with Gasteiger partial charge in [0.2, 0.25) is 5.91 Å². The van der Waals surface area contributed by atoms with E-state index in [-0.39, 0.29) is 12.5 Å². The zero-order valence-electron chi connectivity index (χ0n) is 12.5. The van der Waals surface area contributed by atoms with Crippen LogP contribution in [0.25, 0.3) is 0 Å². The Balaban J connectivity index is 2.01. The largest absolute Gasteiger partial charge is 0.395 e. The second-order valence-electron chi connectivity index (χ2n) is 5.36. The Morgan fingerprint density at radius 3 is 3.00 bits per heavy atom. The molecule has 1 heterocycles. The molecule has 1 saturated heterocycles. The Morgan fingerprint density at radius 1 is 1.33 bits per heavy atom. The van der Waals surface area contributed by atoms with E-state index in [0.29, 0.717) is 13.0 Å². The molecule has 0 aliphatic carbocycles. The Kier molecular flexibility index (Phi) is 5.79. The topological polar surface area (TPSA) is 43.8 Å². The summed E-state index contributed by atoms with van der Waals surface area (Å²) in [6.45, 7) is 3.13. The predicted molar refractivity (Wildman–Crippen MR) is 82.6 cm³/mol. The smallest absolute Gasteiger partial charge is 0.236 e. The zero-order valence-corrected chi connectivity index (χ0v) is 12.5. The van der Waals surface area contributed by atoms with E-state index in [1.54, 1.807) is 4.90 Å². The van der Waals surface area contributed by atoms with Crippen LogP contribution in [0.2, 0.25) is 0 Å². The van der Waals surface area contributed by atoms with Crippen LogP contribution in [0, 0.1) is 11.8 Å². The van der Waals surface area contributed by atoms with Crippen molar-refractivity contribution < 1.29 is 9.90 Å². The van der Waals surface area contributed by atoms with Crippen molar-refractivity contribution in [1.29, 1.82) is 0 Å². The lowest BCUT2D eigenvalue weighted by molar-refractivity contribution is -0.129. The fourth-order valence-electron chi connectivity index (χ4n) is 2.41. The highest BCUT2D eigenvalue weighted by molar-refractivity contribution is 5.78. The maximum Gasteiger partial charge on any atom is 0.236 e. The molecule has 0 radical (unpaired) electrons. The number of amides is 1. The summed E-state index contributed by atoms with van der Waals surface area (Å²) >= 11 is 0. The van der Waals surface area contributed by atoms with E-state index in [0.717, 1.165) is 31.6 Å². The fourth-order valence-corrected chi connectivity index (χ4v) is 2.41. The molecule has 4 nitrogen and oxygen atoms in total. The Hall–Kier alpha value is -1.83. The summed E-state index contributed by atoms with van der Waals surface area (Å²) in [4.78, 5) is 15.9. The average Bonchev–Trinajstić information content (AvgIpc) is 2.62. The summed E-state index contributed by atoms with van der Waals surface area (Å²) in [6, 6.07) is 8.08. The van der Waals surface area contributed by atoms with E-state index in [4.69, 9.17) is 5.11 Å². The minimum Gasteiger partial charge on any atom is -0.395 e. The van der Waals surface area contributed by atoms with Gasteiger partial charge in [0.15, 0.2) is 0 Å². The molecular formula is C17H22N2O2. The Morgan fingerprint density at radius 2 is 2.19 bits per heavy atom. The number of aliphatic hydroxyl groups excluding tert-OH is 1. The highest BCUT2D eigenvalue weighted by Crippen LogP contribution is 2.10. The van der Waals surface area contributed by atoms with Crippen LogP contribution in [0.3, 0.4) is 0 Å². The standard InChI is InChI=1S/C17H22N2O2/c1-18-9-5-10-19(14-17(18)21)13-16-8-4-7-15(12-16)6-2-3-11-20/h4,7-8,12,20H,3,5,9-11,13-14H2,1H3. The zero-order chi connectivity index (χ0) is 15.1. The van der Waals surface area contributed by atoms with Gasteiger partial charge in [-0.05, 0) is 24.1 Å². The van der Waals surface area contributed by atoms with Gasteiger partial charge in [-0.15, -0.1) is 0 Å². The minimum atomic E-state index is 0.0934. The Bertz CT molecular complexity index is 545. The number of benzene rings is 1. The van der Waals surface area contributed by atoms with Crippen LogP contribution < -0.4 is 0 Å². The van der Waals surface area contributed by atoms with Gasteiger partial charge in [-0.3, -0.25) is 9.69 Å². The van der Waals surface area contributed by atoms with Crippen molar-refractivity contribution in [3.8, 4) is 11.8 Å². The third kappa shape index (κ3) is 4.89. The third-order valence-corrected chi connectivity index (χ3v) is 3.56. The van der Waals surface area contributed by atoms with Crippen molar-refractivity contribution in [2.45, 2.75) is 19.4 Å². The van der Waals surface area contributed by atoms with Gasteiger partial charge in [0.25, 0.3) is 0 Å². The van der Waals surface area contributed by atoms with Crippen LogP contribution in [0.1, 0.15) is 24.0 Å². The van der Waals surface area contributed by atoms with Gasteiger partial charge in [-0.2, -0.15) is 0 Å². The summed E-state index contributed by atoms with van der Waals surface area (Å²) < 4.78 is 0. The van der Waals surface area contributed by atoms with Crippen molar-refractivity contribution >= 4 is 5.91 Å². The fraction of sp³-hybridized carbons (Fsp3) is 0.471. The van der Waals surface area contributed by atoms with Gasteiger partial charge in [-0.1, -0.05) is 24.0 Å². The summed E-state index contributed by atoms with van der Waals surface area (Å²) in [7, 11) is 1.86. The summed E-state index contributed by atoms with van der Waals surface area (Å²) in [5.74, 6) is 6.16. The number of hydrogen-bond acceptors (Lipinski definition) is 3. The summed E-state index contributed by atoms with van der Waals surface area (Å²) in [5.41, 5.74) is 2.13. The SMILES string of the molecule is CN1CCCN(Cc2cccc(C#CCCO)c2)CC1=O. The Labute approximate surface area is 126 Å². The monoisotopic (exact) mass is 286 g/mol. The first-order valence-electron chi connectivity index (χ1n) is 7.34. The lowest BCUT2D eigenvalue weighted by Crippen LogP contribution is -2.34. The molecule has 0 unspecified atom stereocenters. The molecule has 0 atom stereocenters. The number of likely N-dealkylation sites (N-methyl/N-ethyl adjacent to an activating group) is 1. The first kappa shape index (κ1) is 15.6. The van der Waals surface area contributed by atoms with Crippen LogP contribution >= 0.6 is 0 Å². The first-order valence-corrected chi connectivity index (χ1v) is 7.34. The van der Waals surface area contributed by atoms with E-state index < -0.39 is 0 Å². The van der Waals surface area contributed by atoms with Gasteiger partial charge < -0.3 is 10.0 Å². The molecule has 0 bridgehead atoms. The first-order chi connectivity index (χ1) is 10.2. The van der Waals surface area contributed by atoms with Gasteiger partial charge in [0.05, 0.1) is 13.2 Å². The van der Waals surface area contributed by atoms with Crippen LogP contribution in [0.4, 0.5) is 0 Å². The maximum absolute atomic E-state index is 11.9. The molecule has 1 aliphatic rings. The molecule has 4 heteroatoms. The van der Waals surface area contributed by atoms with E-state index >= 15 is 0 Å². The molecule has 1 fully saturated rings. The number of hydrogen-bond donors (Lipinski definition) is 1. The molecule has 1 aromatic carbocycles. The molecule has 2 rings (SSSR count). The number of carbonyl (C=O) groups is 1.